The van der Waals surface area contributed by atoms with Crippen molar-refractivity contribution in [2.75, 3.05) is 0 Å². The number of rotatable bonds is 5. The Morgan fingerprint density at radius 2 is 2.04 bits per heavy atom. The van der Waals surface area contributed by atoms with Crippen LogP contribution in [0, 0.1) is 5.82 Å². The van der Waals surface area contributed by atoms with Gasteiger partial charge in [0, 0.05) is 24.3 Å². The fraction of sp³-hybridized carbons (Fsp3) is 0.263. The second kappa shape index (κ2) is 6.83. The van der Waals surface area contributed by atoms with Crippen LogP contribution in [0.25, 0.3) is 11.0 Å². The number of amides is 1. The van der Waals surface area contributed by atoms with Gasteiger partial charge in [0.05, 0.1) is 12.5 Å². The summed E-state index contributed by atoms with van der Waals surface area (Å²) in [6, 6.07) is 9.87. The van der Waals surface area contributed by atoms with Gasteiger partial charge in [-0.2, -0.15) is 0 Å². The van der Waals surface area contributed by atoms with Crippen molar-refractivity contribution in [3.63, 3.8) is 0 Å². The third-order valence-corrected chi connectivity index (χ3v) is 4.16. The summed E-state index contributed by atoms with van der Waals surface area (Å²) in [7, 11) is 0. The van der Waals surface area contributed by atoms with Crippen molar-refractivity contribution in [3.05, 3.63) is 65.7 Å². The van der Waals surface area contributed by atoms with Gasteiger partial charge in [0.1, 0.15) is 11.5 Å². The molecule has 5 heteroatoms. The first-order valence-corrected chi connectivity index (χ1v) is 8.06. The van der Waals surface area contributed by atoms with E-state index in [2.05, 4.69) is 17.2 Å². The largest absolute Gasteiger partial charge is 0.349 e. The molecule has 1 N–H and O–H groups in total. The molecule has 0 aliphatic rings. The van der Waals surface area contributed by atoms with E-state index in [1.165, 1.54) is 12.1 Å². The van der Waals surface area contributed by atoms with E-state index < -0.39 is 0 Å². The van der Waals surface area contributed by atoms with Crippen LogP contribution in [0.5, 0.6) is 0 Å². The number of carbonyl (C=O) groups is 1. The molecule has 0 radical (unpaired) electrons. The number of aromatic nitrogens is 2. The number of hydrogen-bond acceptors (Lipinski definition) is 2. The molecular weight excluding hydrogens is 305 g/mol. The number of nitrogens with zero attached hydrogens (tertiary/aromatic N) is 2. The van der Waals surface area contributed by atoms with Gasteiger partial charge in [0.15, 0.2) is 0 Å². The van der Waals surface area contributed by atoms with E-state index >= 15 is 0 Å². The van der Waals surface area contributed by atoms with Crippen LogP contribution in [0.3, 0.4) is 0 Å². The van der Waals surface area contributed by atoms with Crippen molar-refractivity contribution >= 4 is 16.9 Å². The van der Waals surface area contributed by atoms with Gasteiger partial charge in [-0.25, -0.2) is 9.37 Å². The quantitative estimate of drug-likeness (QED) is 0.779. The lowest BCUT2D eigenvalue weighted by atomic mass is 10.1. The maximum atomic E-state index is 13.0. The molecule has 0 unspecified atom stereocenters. The minimum absolute atomic E-state index is 0.0640. The lowest BCUT2D eigenvalue weighted by Crippen LogP contribution is -2.28. The molecule has 2 aromatic heterocycles. The highest BCUT2D eigenvalue weighted by molar-refractivity contribution is 5.87. The number of aryl methyl sites for hydroxylation is 1. The highest BCUT2D eigenvalue weighted by Gasteiger charge is 2.14. The number of pyridine rings is 1. The molecule has 3 aromatic rings. The molecule has 0 bridgehead atoms. The first kappa shape index (κ1) is 16.2. The molecule has 0 aliphatic carbocycles. The average molecular weight is 325 g/mol. The molecule has 1 atom stereocenters. The zero-order valence-electron chi connectivity index (χ0n) is 13.8. The van der Waals surface area contributed by atoms with Gasteiger partial charge < -0.3 is 9.88 Å². The van der Waals surface area contributed by atoms with Crippen molar-refractivity contribution < 1.29 is 9.18 Å². The van der Waals surface area contributed by atoms with Gasteiger partial charge in [-0.3, -0.25) is 4.79 Å². The topological polar surface area (TPSA) is 46.9 Å². The van der Waals surface area contributed by atoms with Crippen LogP contribution in [0.15, 0.2) is 48.8 Å². The van der Waals surface area contributed by atoms with E-state index in [0.717, 1.165) is 28.7 Å². The Labute approximate surface area is 140 Å². The number of carbonyl (C=O) groups excluding carboxylic acids is 1. The van der Waals surface area contributed by atoms with Crippen LogP contribution < -0.4 is 5.32 Å². The van der Waals surface area contributed by atoms with E-state index in [-0.39, 0.29) is 17.8 Å². The van der Waals surface area contributed by atoms with E-state index in [1.807, 2.05) is 29.8 Å². The molecule has 0 fully saturated rings. The lowest BCUT2D eigenvalue weighted by Gasteiger charge is -2.14. The van der Waals surface area contributed by atoms with Crippen molar-refractivity contribution in [2.24, 2.45) is 0 Å². The highest BCUT2D eigenvalue weighted by atomic mass is 19.1. The fourth-order valence-electron chi connectivity index (χ4n) is 2.88. The zero-order valence-corrected chi connectivity index (χ0v) is 13.8. The Hall–Kier alpha value is -2.69. The van der Waals surface area contributed by atoms with Gasteiger partial charge in [0.25, 0.3) is 0 Å². The molecule has 0 spiro atoms. The molecule has 2 heterocycles. The minimum Gasteiger partial charge on any atom is -0.349 e. The monoisotopic (exact) mass is 325 g/mol. The molecular formula is C19H20FN3O. The summed E-state index contributed by atoms with van der Waals surface area (Å²) in [5.41, 5.74) is 2.74. The molecule has 3 rings (SSSR count). The Morgan fingerprint density at radius 1 is 1.29 bits per heavy atom. The van der Waals surface area contributed by atoms with Crippen molar-refractivity contribution in [2.45, 2.75) is 32.9 Å². The van der Waals surface area contributed by atoms with Crippen LogP contribution in [-0.2, 0) is 17.8 Å². The van der Waals surface area contributed by atoms with Gasteiger partial charge in [-0.15, -0.1) is 0 Å². The third kappa shape index (κ3) is 3.30. The van der Waals surface area contributed by atoms with Crippen molar-refractivity contribution in [1.82, 2.24) is 14.9 Å². The molecule has 1 aromatic carbocycles. The fourth-order valence-corrected chi connectivity index (χ4v) is 2.88. The minimum atomic E-state index is -0.280. The predicted octanol–water partition coefficient (Wildman–Crippen LogP) is 3.62. The number of halogens is 1. The summed E-state index contributed by atoms with van der Waals surface area (Å²) in [5.74, 6) is -0.344. The Morgan fingerprint density at radius 3 is 2.75 bits per heavy atom. The van der Waals surface area contributed by atoms with Crippen molar-refractivity contribution in [3.8, 4) is 0 Å². The summed E-state index contributed by atoms with van der Waals surface area (Å²) in [6.07, 6.45) is 4.04. The number of benzene rings is 1. The lowest BCUT2D eigenvalue weighted by molar-refractivity contribution is -0.121. The second-order valence-corrected chi connectivity index (χ2v) is 5.83. The van der Waals surface area contributed by atoms with E-state index in [1.54, 1.807) is 18.3 Å². The van der Waals surface area contributed by atoms with Gasteiger partial charge in [-0.05, 0) is 49.2 Å². The van der Waals surface area contributed by atoms with Crippen molar-refractivity contribution in [1.29, 1.82) is 0 Å². The molecule has 0 saturated heterocycles. The first-order valence-electron chi connectivity index (χ1n) is 8.06. The molecule has 0 saturated carbocycles. The van der Waals surface area contributed by atoms with Gasteiger partial charge >= 0.3 is 0 Å². The SMILES string of the molecule is CCn1cc(CC(=O)N[C@H](C)c2ccc(F)cc2)c2cccnc21. The van der Waals surface area contributed by atoms with Crippen LogP contribution in [0.1, 0.15) is 31.0 Å². The third-order valence-electron chi connectivity index (χ3n) is 4.16. The summed E-state index contributed by atoms with van der Waals surface area (Å²) in [5, 5.41) is 3.97. The summed E-state index contributed by atoms with van der Waals surface area (Å²) < 4.78 is 15.0. The number of nitrogens with one attached hydrogen (secondary N) is 1. The summed E-state index contributed by atoms with van der Waals surface area (Å²) >= 11 is 0. The Bertz CT molecular complexity index is 855. The van der Waals surface area contributed by atoms with Crippen LogP contribution in [0.2, 0.25) is 0 Å². The van der Waals surface area contributed by atoms with Crippen LogP contribution in [0.4, 0.5) is 4.39 Å². The predicted molar refractivity (Wildman–Crippen MR) is 92.1 cm³/mol. The average Bonchev–Trinajstić information content (AvgIpc) is 2.93. The molecule has 1 amide bonds. The smallest absolute Gasteiger partial charge is 0.224 e. The maximum absolute atomic E-state index is 13.0. The van der Waals surface area contributed by atoms with E-state index in [4.69, 9.17) is 0 Å². The van der Waals surface area contributed by atoms with Gasteiger partial charge in [0.2, 0.25) is 5.91 Å². The summed E-state index contributed by atoms with van der Waals surface area (Å²) in [4.78, 5) is 16.8. The second-order valence-electron chi connectivity index (χ2n) is 5.83. The zero-order chi connectivity index (χ0) is 17.1. The van der Waals surface area contributed by atoms with E-state index in [0.29, 0.717) is 6.42 Å². The Kier molecular flexibility index (Phi) is 4.60. The number of fused-ring (bicyclic) bond motifs is 1. The molecule has 124 valence electrons. The van der Waals surface area contributed by atoms with E-state index in [9.17, 15) is 9.18 Å². The maximum Gasteiger partial charge on any atom is 0.224 e. The first-order chi connectivity index (χ1) is 11.6. The molecule has 4 nitrogen and oxygen atoms in total. The Balaban J connectivity index is 1.74. The van der Waals surface area contributed by atoms with Crippen LogP contribution in [-0.4, -0.2) is 15.5 Å². The standard InChI is InChI=1S/C19H20FN3O/c1-3-23-12-15(17-5-4-10-21-19(17)23)11-18(24)22-13(2)14-6-8-16(20)9-7-14/h4-10,12-13H,3,11H2,1-2H3,(H,22,24)/t13-/m1/s1. The summed E-state index contributed by atoms with van der Waals surface area (Å²) in [6.45, 7) is 4.75. The molecule has 0 aliphatic heterocycles. The normalized spacial score (nSPS) is 12.3. The molecule has 24 heavy (non-hydrogen) atoms. The van der Waals surface area contributed by atoms with Crippen LogP contribution >= 0.6 is 0 Å². The van der Waals surface area contributed by atoms with Gasteiger partial charge in [-0.1, -0.05) is 12.1 Å². The highest BCUT2D eigenvalue weighted by Crippen LogP contribution is 2.20. The number of hydrogen-bond donors (Lipinski definition) is 1.